The van der Waals surface area contributed by atoms with Gasteiger partial charge in [-0.05, 0) is 30.7 Å². The van der Waals surface area contributed by atoms with Crippen molar-refractivity contribution in [3.05, 3.63) is 65.7 Å². The first kappa shape index (κ1) is 22.3. The highest BCUT2D eigenvalue weighted by Gasteiger charge is 2.23. The molecule has 1 N–H and O–H groups in total. The summed E-state index contributed by atoms with van der Waals surface area (Å²) in [6.07, 6.45) is 1.99. The predicted octanol–water partition coefficient (Wildman–Crippen LogP) is 2.10. The summed E-state index contributed by atoms with van der Waals surface area (Å²) in [5.41, 5.74) is 1.59. The van der Waals surface area contributed by atoms with Gasteiger partial charge < -0.3 is 10.1 Å². The fourth-order valence-corrected chi connectivity index (χ4v) is 4.34. The van der Waals surface area contributed by atoms with Gasteiger partial charge in [0.1, 0.15) is 0 Å². The first-order chi connectivity index (χ1) is 14.4. The van der Waals surface area contributed by atoms with Gasteiger partial charge in [-0.1, -0.05) is 42.5 Å². The largest absolute Gasteiger partial charge is 0.379 e. The number of carbonyl (C=O) groups is 1. The molecule has 0 unspecified atom stereocenters. The van der Waals surface area contributed by atoms with E-state index >= 15 is 0 Å². The molecular formula is C22H29N3O4S. The molecule has 30 heavy (non-hydrogen) atoms. The van der Waals surface area contributed by atoms with E-state index in [9.17, 15) is 13.2 Å². The molecule has 1 heterocycles. The maximum atomic E-state index is 12.8. The van der Waals surface area contributed by atoms with Gasteiger partial charge in [0, 0.05) is 19.6 Å². The second-order valence-electron chi connectivity index (χ2n) is 7.34. The molecule has 162 valence electrons. The average Bonchev–Trinajstić information content (AvgIpc) is 2.75. The smallest absolute Gasteiger partial charge is 0.253 e. The van der Waals surface area contributed by atoms with Gasteiger partial charge in [-0.2, -0.15) is 0 Å². The number of carbonyl (C=O) groups excluding carboxylic acids is 1. The lowest BCUT2D eigenvalue weighted by molar-refractivity contribution is 0.0374. The minimum atomic E-state index is -3.58. The van der Waals surface area contributed by atoms with Crippen molar-refractivity contribution < 1.29 is 17.9 Å². The number of benzene rings is 2. The number of rotatable bonds is 9. The molecule has 0 radical (unpaired) electrons. The normalized spacial score (nSPS) is 15.0. The number of hydrogen-bond acceptors (Lipinski definition) is 5. The van der Waals surface area contributed by atoms with E-state index in [1.54, 1.807) is 24.3 Å². The highest BCUT2D eigenvalue weighted by atomic mass is 32.2. The van der Waals surface area contributed by atoms with E-state index in [0.717, 1.165) is 51.1 Å². The van der Waals surface area contributed by atoms with Gasteiger partial charge >= 0.3 is 0 Å². The Morgan fingerprint density at radius 1 is 1.07 bits per heavy atom. The molecule has 0 saturated carbocycles. The van der Waals surface area contributed by atoms with E-state index in [1.807, 2.05) is 30.3 Å². The number of amides is 1. The van der Waals surface area contributed by atoms with E-state index < -0.39 is 10.0 Å². The molecule has 3 rings (SSSR count). The third kappa shape index (κ3) is 6.29. The number of anilines is 1. The van der Waals surface area contributed by atoms with Crippen LogP contribution in [0.5, 0.6) is 0 Å². The van der Waals surface area contributed by atoms with Crippen molar-refractivity contribution in [3.63, 3.8) is 0 Å². The molecule has 0 aromatic heterocycles. The molecule has 8 heteroatoms. The van der Waals surface area contributed by atoms with Crippen molar-refractivity contribution in [1.29, 1.82) is 0 Å². The average molecular weight is 432 g/mol. The lowest BCUT2D eigenvalue weighted by Crippen LogP contribution is -2.38. The first-order valence-corrected chi connectivity index (χ1v) is 12.0. The molecule has 1 aliphatic rings. The van der Waals surface area contributed by atoms with Crippen molar-refractivity contribution in [3.8, 4) is 0 Å². The van der Waals surface area contributed by atoms with Crippen LogP contribution in [0, 0.1) is 0 Å². The highest BCUT2D eigenvalue weighted by molar-refractivity contribution is 7.92. The molecule has 2 aromatic rings. The Morgan fingerprint density at radius 2 is 1.73 bits per heavy atom. The number of morpholine rings is 1. The molecule has 1 amide bonds. The Labute approximate surface area is 178 Å². The quantitative estimate of drug-likeness (QED) is 0.615. The van der Waals surface area contributed by atoms with E-state index in [-0.39, 0.29) is 12.5 Å². The van der Waals surface area contributed by atoms with E-state index in [4.69, 9.17) is 4.74 Å². The Morgan fingerprint density at radius 3 is 2.43 bits per heavy atom. The lowest BCUT2D eigenvalue weighted by Gasteiger charge is -2.26. The third-order valence-electron chi connectivity index (χ3n) is 5.03. The van der Waals surface area contributed by atoms with Gasteiger partial charge in [0.15, 0.2) is 0 Å². The second-order valence-corrected chi connectivity index (χ2v) is 9.24. The number of nitrogens with one attached hydrogen (secondary N) is 1. The number of ether oxygens (including phenoxy) is 1. The standard InChI is InChI=1S/C22H29N3O4S/c1-30(27,28)25(18-19-8-3-2-4-9-19)21-11-6-5-10-20(21)22(26)23-12-7-13-24-14-16-29-17-15-24/h2-6,8-11H,7,12-18H2,1H3,(H,23,26). The van der Waals surface area contributed by atoms with Crippen LogP contribution in [0.15, 0.2) is 54.6 Å². The molecule has 0 bridgehead atoms. The van der Waals surface area contributed by atoms with Crippen molar-refractivity contribution in [1.82, 2.24) is 10.2 Å². The monoisotopic (exact) mass is 431 g/mol. The lowest BCUT2D eigenvalue weighted by atomic mass is 10.1. The fraction of sp³-hybridized carbons (Fsp3) is 0.409. The summed E-state index contributed by atoms with van der Waals surface area (Å²) in [5.74, 6) is -0.269. The predicted molar refractivity (Wildman–Crippen MR) is 118 cm³/mol. The van der Waals surface area contributed by atoms with Crippen LogP contribution in [0.25, 0.3) is 0 Å². The second kappa shape index (κ2) is 10.6. The van der Waals surface area contributed by atoms with Crippen molar-refractivity contribution in [2.75, 3.05) is 50.0 Å². The summed E-state index contributed by atoms with van der Waals surface area (Å²) in [7, 11) is -3.58. The SMILES string of the molecule is CS(=O)(=O)N(Cc1ccccc1)c1ccccc1C(=O)NCCCN1CCOCC1. The van der Waals surface area contributed by atoms with Crippen LogP contribution in [0.1, 0.15) is 22.3 Å². The number of para-hydroxylation sites is 1. The Kier molecular flexibility index (Phi) is 7.84. The number of sulfonamides is 1. The van der Waals surface area contributed by atoms with Crippen molar-refractivity contribution >= 4 is 21.6 Å². The maximum absolute atomic E-state index is 12.8. The van der Waals surface area contributed by atoms with Gasteiger partial charge in [0.25, 0.3) is 5.91 Å². The van der Waals surface area contributed by atoms with Gasteiger partial charge in [0.2, 0.25) is 10.0 Å². The first-order valence-electron chi connectivity index (χ1n) is 10.1. The Balaban J connectivity index is 1.68. The topological polar surface area (TPSA) is 79.0 Å². The van der Waals surface area contributed by atoms with Crippen molar-refractivity contribution in [2.45, 2.75) is 13.0 Å². The zero-order valence-electron chi connectivity index (χ0n) is 17.3. The maximum Gasteiger partial charge on any atom is 0.253 e. The molecule has 1 aliphatic heterocycles. The van der Waals surface area contributed by atoms with E-state index in [2.05, 4.69) is 10.2 Å². The van der Waals surface area contributed by atoms with Crippen LogP contribution in [-0.4, -0.2) is 64.9 Å². The molecule has 2 aromatic carbocycles. The third-order valence-corrected chi connectivity index (χ3v) is 6.15. The summed E-state index contributed by atoms with van der Waals surface area (Å²) in [6.45, 7) is 4.93. The fourth-order valence-electron chi connectivity index (χ4n) is 3.44. The molecule has 1 fully saturated rings. The number of hydrogen-bond donors (Lipinski definition) is 1. The summed E-state index contributed by atoms with van der Waals surface area (Å²) in [4.78, 5) is 15.1. The van der Waals surface area contributed by atoms with Gasteiger partial charge in [-0.15, -0.1) is 0 Å². The zero-order valence-corrected chi connectivity index (χ0v) is 18.1. The molecule has 0 spiro atoms. The molecule has 0 aliphatic carbocycles. The van der Waals surface area contributed by atoms with Crippen LogP contribution in [0.4, 0.5) is 5.69 Å². The molecule has 1 saturated heterocycles. The summed E-state index contributed by atoms with van der Waals surface area (Å²) < 4.78 is 31.7. The van der Waals surface area contributed by atoms with Gasteiger partial charge in [0.05, 0.1) is 37.3 Å². The number of nitrogens with zero attached hydrogens (tertiary/aromatic N) is 2. The van der Waals surface area contributed by atoms with Crippen LogP contribution >= 0.6 is 0 Å². The minimum absolute atomic E-state index is 0.168. The van der Waals surface area contributed by atoms with Crippen LogP contribution in [0.2, 0.25) is 0 Å². The van der Waals surface area contributed by atoms with Gasteiger partial charge in [-0.25, -0.2) is 8.42 Å². The minimum Gasteiger partial charge on any atom is -0.379 e. The Hall–Kier alpha value is -2.42. The summed E-state index contributed by atoms with van der Waals surface area (Å²) in [5, 5.41) is 2.93. The zero-order chi connectivity index (χ0) is 21.4. The summed E-state index contributed by atoms with van der Waals surface area (Å²) >= 11 is 0. The van der Waals surface area contributed by atoms with E-state index in [0.29, 0.717) is 17.8 Å². The molecule has 0 atom stereocenters. The Bertz CT molecular complexity index is 928. The molecule has 7 nitrogen and oxygen atoms in total. The van der Waals surface area contributed by atoms with Crippen LogP contribution in [0.3, 0.4) is 0 Å². The van der Waals surface area contributed by atoms with Crippen LogP contribution in [-0.2, 0) is 21.3 Å². The van der Waals surface area contributed by atoms with Gasteiger partial charge in [-0.3, -0.25) is 14.0 Å². The van der Waals surface area contributed by atoms with Crippen LogP contribution < -0.4 is 9.62 Å². The van der Waals surface area contributed by atoms with Crippen molar-refractivity contribution in [2.24, 2.45) is 0 Å². The van der Waals surface area contributed by atoms with E-state index in [1.165, 1.54) is 4.31 Å². The summed E-state index contributed by atoms with van der Waals surface area (Å²) in [6, 6.07) is 16.2. The highest BCUT2D eigenvalue weighted by Crippen LogP contribution is 2.25. The molecular weight excluding hydrogens is 402 g/mol.